The maximum absolute atomic E-state index is 13.4. The lowest BCUT2D eigenvalue weighted by molar-refractivity contribution is -0.133. The molecule has 1 atom stereocenters. The van der Waals surface area contributed by atoms with Crippen LogP contribution in [0.15, 0.2) is 53.1 Å². The zero-order valence-electron chi connectivity index (χ0n) is 18.3. The van der Waals surface area contributed by atoms with E-state index in [1.807, 2.05) is 37.3 Å². The van der Waals surface area contributed by atoms with E-state index < -0.39 is 9.84 Å². The van der Waals surface area contributed by atoms with Crippen LogP contribution >= 0.6 is 0 Å². The second kappa shape index (κ2) is 8.50. The highest BCUT2D eigenvalue weighted by molar-refractivity contribution is 7.91. The van der Waals surface area contributed by atoms with Gasteiger partial charge in [0.1, 0.15) is 5.58 Å². The van der Waals surface area contributed by atoms with Crippen molar-refractivity contribution in [2.45, 2.75) is 52.1 Å². The van der Waals surface area contributed by atoms with Crippen molar-refractivity contribution in [2.24, 2.45) is 0 Å². The van der Waals surface area contributed by atoms with Crippen LogP contribution in [0, 0.1) is 6.92 Å². The summed E-state index contributed by atoms with van der Waals surface area (Å²) in [5.41, 5.74) is 4.95. The molecule has 1 saturated heterocycles. The Morgan fingerprint density at radius 2 is 1.90 bits per heavy atom. The Morgan fingerprint density at radius 3 is 2.55 bits per heavy atom. The largest absolute Gasteiger partial charge is 0.464 e. The van der Waals surface area contributed by atoms with E-state index >= 15 is 0 Å². The standard InChI is InChI=1S/C25H29NO4S/c1-17(2)20-7-5-19(6-8-20)14-26(22-10-11-31(28,29)16-22)25(27)13-21-15-30-24-9-4-18(3)12-23(21)24/h4-9,12,15,17,22H,10-11,13-14,16H2,1-3H3/t22-/m1/s1. The van der Waals surface area contributed by atoms with Crippen LogP contribution < -0.4 is 0 Å². The highest BCUT2D eigenvalue weighted by atomic mass is 32.2. The maximum atomic E-state index is 13.4. The van der Waals surface area contributed by atoms with Gasteiger partial charge in [-0.3, -0.25) is 4.79 Å². The number of hydrogen-bond donors (Lipinski definition) is 0. The topological polar surface area (TPSA) is 67.6 Å². The molecule has 0 unspecified atom stereocenters. The highest BCUT2D eigenvalue weighted by Crippen LogP contribution is 2.26. The molecule has 2 heterocycles. The second-order valence-corrected chi connectivity index (χ2v) is 11.1. The molecule has 1 amide bonds. The number of amides is 1. The van der Waals surface area contributed by atoms with E-state index in [1.54, 1.807) is 11.2 Å². The van der Waals surface area contributed by atoms with Crippen molar-refractivity contribution in [2.75, 3.05) is 11.5 Å². The number of benzene rings is 2. The predicted octanol–water partition coefficient (Wildman–Crippen LogP) is 4.62. The number of nitrogens with zero attached hydrogens (tertiary/aromatic N) is 1. The van der Waals surface area contributed by atoms with E-state index in [9.17, 15) is 13.2 Å². The number of carbonyl (C=O) groups is 1. The lowest BCUT2D eigenvalue weighted by Crippen LogP contribution is -2.41. The van der Waals surface area contributed by atoms with Crippen LogP contribution in [-0.2, 0) is 27.6 Å². The van der Waals surface area contributed by atoms with Gasteiger partial charge in [0.15, 0.2) is 9.84 Å². The first kappa shape index (κ1) is 21.6. The molecule has 0 bridgehead atoms. The van der Waals surface area contributed by atoms with Gasteiger partial charge >= 0.3 is 0 Å². The summed E-state index contributed by atoms with van der Waals surface area (Å²) < 4.78 is 29.9. The summed E-state index contributed by atoms with van der Waals surface area (Å²) in [5, 5.41) is 0.939. The zero-order valence-corrected chi connectivity index (χ0v) is 19.1. The summed E-state index contributed by atoms with van der Waals surface area (Å²) in [7, 11) is -3.10. The molecule has 0 N–H and O–H groups in total. The predicted molar refractivity (Wildman–Crippen MR) is 123 cm³/mol. The molecule has 0 aliphatic carbocycles. The number of rotatable bonds is 6. The molecule has 164 valence electrons. The third kappa shape index (κ3) is 4.85. The van der Waals surface area contributed by atoms with Crippen molar-refractivity contribution in [3.63, 3.8) is 0 Å². The number of aryl methyl sites for hydroxylation is 1. The van der Waals surface area contributed by atoms with Crippen LogP contribution in [0.25, 0.3) is 11.0 Å². The Morgan fingerprint density at radius 1 is 1.16 bits per heavy atom. The van der Waals surface area contributed by atoms with Gasteiger partial charge in [-0.25, -0.2) is 8.42 Å². The summed E-state index contributed by atoms with van der Waals surface area (Å²) in [6, 6.07) is 13.9. The van der Waals surface area contributed by atoms with Crippen LogP contribution in [0.2, 0.25) is 0 Å². The summed E-state index contributed by atoms with van der Waals surface area (Å²) in [5.74, 6) is 0.541. The summed E-state index contributed by atoms with van der Waals surface area (Å²) >= 11 is 0. The molecule has 1 aliphatic rings. The van der Waals surface area contributed by atoms with Gasteiger partial charge in [0, 0.05) is 23.5 Å². The molecule has 1 aliphatic heterocycles. The second-order valence-electron chi connectivity index (χ2n) is 8.91. The SMILES string of the molecule is Cc1ccc2occ(CC(=O)N(Cc3ccc(C(C)C)cc3)[C@@H]3CCS(=O)(=O)C3)c2c1. The molecule has 1 fully saturated rings. The average Bonchev–Trinajstić information content (AvgIpc) is 3.28. The number of sulfone groups is 1. The minimum absolute atomic E-state index is 0.0358. The maximum Gasteiger partial charge on any atom is 0.227 e. The van der Waals surface area contributed by atoms with Crippen molar-refractivity contribution < 1.29 is 17.6 Å². The fourth-order valence-electron chi connectivity index (χ4n) is 4.24. The molecule has 0 radical (unpaired) electrons. The van der Waals surface area contributed by atoms with Crippen molar-refractivity contribution in [3.8, 4) is 0 Å². The minimum atomic E-state index is -3.10. The molecular weight excluding hydrogens is 410 g/mol. The van der Waals surface area contributed by atoms with Gasteiger partial charge < -0.3 is 9.32 Å². The Labute approximate surface area is 184 Å². The van der Waals surface area contributed by atoms with Crippen molar-refractivity contribution >= 4 is 26.7 Å². The van der Waals surface area contributed by atoms with Gasteiger partial charge in [-0.1, -0.05) is 49.7 Å². The summed E-state index contributed by atoms with van der Waals surface area (Å²) in [6.45, 7) is 6.71. The van der Waals surface area contributed by atoms with E-state index in [0.717, 1.165) is 27.7 Å². The lowest BCUT2D eigenvalue weighted by atomic mass is 10.0. The Bertz CT molecular complexity index is 1190. The lowest BCUT2D eigenvalue weighted by Gasteiger charge is -2.28. The molecule has 1 aromatic heterocycles. The number of carbonyl (C=O) groups excluding carboxylic acids is 1. The molecular formula is C25H29NO4S. The van der Waals surface area contributed by atoms with Crippen molar-refractivity contribution in [1.29, 1.82) is 0 Å². The van der Waals surface area contributed by atoms with Gasteiger partial charge in [-0.2, -0.15) is 0 Å². The van der Waals surface area contributed by atoms with Crippen LogP contribution in [0.3, 0.4) is 0 Å². The van der Waals surface area contributed by atoms with E-state index in [1.165, 1.54) is 5.56 Å². The number of hydrogen-bond acceptors (Lipinski definition) is 4. The molecule has 2 aromatic carbocycles. The highest BCUT2D eigenvalue weighted by Gasteiger charge is 2.34. The normalized spacial score (nSPS) is 18.0. The minimum Gasteiger partial charge on any atom is -0.464 e. The van der Waals surface area contributed by atoms with Gasteiger partial charge in [0.05, 0.1) is 24.2 Å². The van der Waals surface area contributed by atoms with Gasteiger partial charge in [-0.05, 0) is 42.5 Å². The van der Waals surface area contributed by atoms with E-state index in [2.05, 4.69) is 26.0 Å². The van der Waals surface area contributed by atoms with Crippen molar-refractivity contribution in [1.82, 2.24) is 4.90 Å². The van der Waals surface area contributed by atoms with E-state index in [-0.39, 0.29) is 29.9 Å². The quantitative estimate of drug-likeness (QED) is 0.562. The average molecular weight is 440 g/mol. The summed E-state index contributed by atoms with van der Waals surface area (Å²) in [4.78, 5) is 15.2. The van der Waals surface area contributed by atoms with Crippen LogP contribution in [-0.4, -0.2) is 36.8 Å². The van der Waals surface area contributed by atoms with Crippen LogP contribution in [0.4, 0.5) is 0 Å². The van der Waals surface area contributed by atoms with Gasteiger partial charge in [-0.15, -0.1) is 0 Å². The van der Waals surface area contributed by atoms with E-state index in [4.69, 9.17) is 4.42 Å². The molecule has 6 heteroatoms. The smallest absolute Gasteiger partial charge is 0.227 e. The van der Waals surface area contributed by atoms with Crippen LogP contribution in [0.1, 0.15) is 48.4 Å². The fraction of sp³-hybridized carbons (Fsp3) is 0.400. The molecule has 0 spiro atoms. The monoisotopic (exact) mass is 439 g/mol. The first-order chi connectivity index (χ1) is 14.7. The zero-order chi connectivity index (χ0) is 22.2. The van der Waals surface area contributed by atoms with E-state index in [0.29, 0.717) is 18.9 Å². The molecule has 31 heavy (non-hydrogen) atoms. The fourth-order valence-corrected chi connectivity index (χ4v) is 5.97. The first-order valence-corrected chi connectivity index (χ1v) is 12.6. The molecule has 4 rings (SSSR count). The van der Waals surface area contributed by atoms with Gasteiger partial charge in [0.25, 0.3) is 0 Å². The Kier molecular flexibility index (Phi) is 5.93. The third-order valence-electron chi connectivity index (χ3n) is 6.12. The van der Waals surface area contributed by atoms with Gasteiger partial charge in [0.2, 0.25) is 5.91 Å². The Hall–Kier alpha value is -2.60. The molecule has 3 aromatic rings. The molecule has 0 saturated carbocycles. The summed E-state index contributed by atoms with van der Waals surface area (Å²) in [6.07, 6.45) is 2.32. The first-order valence-electron chi connectivity index (χ1n) is 10.8. The number of fused-ring (bicyclic) bond motifs is 1. The Balaban J connectivity index is 1.60. The third-order valence-corrected chi connectivity index (χ3v) is 7.87. The van der Waals surface area contributed by atoms with Crippen LogP contribution in [0.5, 0.6) is 0 Å². The van der Waals surface area contributed by atoms with Crippen molar-refractivity contribution in [3.05, 3.63) is 71.0 Å². The molecule has 5 nitrogen and oxygen atoms in total. The number of furan rings is 1.